The predicted octanol–water partition coefficient (Wildman–Crippen LogP) is 1.22. The van der Waals surface area contributed by atoms with Crippen molar-refractivity contribution in [1.82, 2.24) is 30.8 Å². The summed E-state index contributed by atoms with van der Waals surface area (Å²) in [5.41, 5.74) is 0.496. The molecular weight excluding hydrogens is 424 g/mol. The van der Waals surface area contributed by atoms with E-state index in [1.807, 2.05) is 18.2 Å². The lowest BCUT2D eigenvalue weighted by atomic mass is 9.86. The van der Waals surface area contributed by atoms with E-state index in [0.29, 0.717) is 69.5 Å². The number of rotatable bonds is 5. The van der Waals surface area contributed by atoms with Gasteiger partial charge in [-0.3, -0.25) is 14.6 Å². The van der Waals surface area contributed by atoms with Gasteiger partial charge in [-0.05, 0) is 57.8 Å². The minimum atomic E-state index is -1.02. The number of carbonyl (C=O) groups is 3. The quantitative estimate of drug-likeness (QED) is 0.620. The number of likely N-dealkylation sites (tertiary alicyclic amines) is 1. The van der Waals surface area contributed by atoms with Crippen LogP contribution in [0.3, 0.4) is 0 Å². The van der Waals surface area contributed by atoms with Gasteiger partial charge in [-0.15, -0.1) is 0 Å². The summed E-state index contributed by atoms with van der Waals surface area (Å²) in [6, 6.07) is 7.27. The van der Waals surface area contributed by atoms with Crippen LogP contribution in [0.25, 0.3) is 11.0 Å². The molecule has 33 heavy (non-hydrogen) atoms. The summed E-state index contributed by atoms with van der Waals surface area (Å²) in [7, 11) is 0. The first-order valence-corrected chi connectivity index (χ1v) is 11.5. The van der Waals surface area contributed by atoms with Gasteiger partial charge in [-0.25, -0.2) is 9.78 Å². The van der Waals surface area contributed by atoms with Crippen molar-refractivity contribution < 1.29 is 19.1 Å². The smallest absolute Gasteiger partial charge is 0.409 e. The lowest BCUT2D eigenvalue weighted by molar-refractivity contribution is -0.129. The average Bonchev–Trinajstić information content (AvgIpc) is 2.85. The molecule has 0 atom stereocenters. The highest BCUT2D eigenvalue weighted by Crippen LogP contribution is 2.22. The van der Waals surface area contributed by atoms with E-state index in [1.165, 1.54) is 6.20 Å². The predicted molar refractivity (Wildman–Crippen MR) is 122 cm³/mol. The number of nitrogens with one attached hydrogen (secondary N) is 3. The van der Waals surface area contributed by atoms with Gasteiger partial charge in [0.1, 0.15) is 11.2 Å². The first-order valence-electron chi connectivity index (χ1n) is 11.5. The molecular formula is C23H30N6O4. The number of nitrogens with zero attached hydrogens (tertiary/aromatic N) is 3. The molecule has 0 spiro atoms. The van der Waals surface area contributed by atoms with Crippen molar-refractivity contribution in [2.24, 2.45) is 0 Å². The molecule has 0 aliphatic carbocycles. The summed E-state index contributed by atoms with van der Waals surface area (Å²) < 4.78 is 5.06. The van der Waals surface area contributed by atoms with Crippen LogP contribution in [0.2, 0.25) is 0 Å². The molecule has 0 unspecified atom stereocenters. The van der Waals surface area contributed by atoms with Crippen molar-refractivity contribution in [1.29, 1.82) is 0 Å². The third-order valence-corrected chi connectivity index (χ3v) is 6.28. The topological polar surface area (TPSA) is 126 Å². The van der Waals surface area contributed by atoms with Crippen molar-refractivity contribution in [3.8, 4) is 0 Å². The minimum absolute atomic E-state index is 0.0627. The van der Waals surface area contributed by atoms with Crippen molar-refractivity contribution >= 4 is 28.9 Å². The van der Waals surface area contributed by atoms with Gasteiger partial charge in [0.2, 0.25) is 5.91 Å². The molecule has 10 nitrogen and oxygen atoms in total. The van der Waals surface area contributed by atoms with Gasteiger partial charge in [0.15, 0.2) is 0 Å². The Balaban J connectivity index is 1.42. The van der Waals surface area contributed by atoms with Crippen LogP contribution in [-0.2, 0) is 9.53 Å². The van der Waals surface area contributed by atoms with E-state index in [2.05, 4.69) is 25.9 Å². The fourth-order valence-corrected chi connectivity index (χ4v) is 4.36. The summed E-state index contributed by atoms with van der Waals surface area (Å²) in [6.45, 7) is 4.42. The van der Waals surface area contributed by atoms with Gasteiger partial charge in [0, 0.05) is 19.1 Å². The Morgan fingerprint density at radius 1 is 1.15 bits per heavy atom. The summed E-state index contributed by atoms with van der Waals surface area (Å²) in [4.78, 5) is 48.8. The number of para-hydroxylation sites is 2. The Labute approximate surface area is 192 Å². The largest absolute Gasteiger partial charge is 0.450 e. The molecule has 1 aromatic carbocycles. The number of hydrogen-bond acceptors (Lipinski definition) is 7. The molecule has 3 N–H and O–H groups in total. The zero-order valence-corrected chi connectivity index (χ0v) is 18.8. The number of ether oxygens (including phenoxy) is 1. The lowest BCUT2D eigenvalue weighted by Crippen LogP contribution is -2.64. The fourth-order valence-electron chi connectivity index (χ4n) is 4.36. The van der Waals surface area contributed by atoms with Gasteiger partial charge >= 0.3 is 6.09 Å². The highest BCUT2D eigenvalue weighted by Gasteiger charge is 2.42. The molecule has 0 saturated carbocycles. The number of aromatic nitrogens is 2. The molecule has 2 aliphatic heterocycles. The monoisotopic (exact) mass is 454 g/mol. The molecule has 3 heterocycles. The molecule has 2 aliphatic rings. The van der Waals surface area contributed by atoms with Crippen LogP contribution in [0.5, 0.6) is 0 Å². The van der Waals surface area contributed by atoms with Crippen molar-refractivity contribution in [3.63, 3.8) is 0 Å². The molecule has 10 heteroatoms. The average molecular weight is 455 g/mol. The van der Waals surface area contributed by atoms with Gasteiger partial charge in [-0.2, -0.15) is 0 Å². The maximum absolute atomic E-state index is 13.4. The molecule has 0 radical (unpaired) electrons. The van der Waals surface area contributed by atoms with Crippen LogP contribution in [0, 0.1) is 0 Å². The Kier molecular flexibility index (Phi) is 7.02. The van der Waals surface area contributed by atoms with E-state index in [0.717, 1.165) is 0 Å². The summed E-state index contributed by atoms with van der Waals surface area (Å²) in [5, 5.41) is 9.33. The third-order valence-electron chi connectivity index (χ3n) is 6.28. The molecule has 2 fully saturated rings. The van der Waals surface area contributed by atoms with E-state index in [-0.39, 0.29) is 23.7 Å². The molecule has 1 aromatic heterocycles. The Bertz CT molecular complexity index is 1010. The Morgan fingerprint density at radius 3 is 2.55 bits per heavy atom. The van der Waals surface area contributed by atoms with E-state index in [9.17, 15) is 14.4 Å². The molecule has 4 rings (SSSR count). The number of amides is 3. The van der Waals surface area contributed by atoms with Crippen LogP contribution < -0.4 is 16.0 Å². The maximum atomic E-state index is 13.4. The summed E-state index contributed by atoms with van der Waals surface area (Å²) in [5.74, 6) is -0.608. The number of hydrogen-bond donors (Lipinski definition) is 3. The van der Waals surface area contributed by atoms with Crippen LogP contribution in [0.1, 0.15) is 43.1 Å². The second-order valence-corrected chi connectivity index (χ2v) is 8.46. The van der Waals surface area contributed by atoms with E-state index >= 15 is 0 Å². The number of benzene rings is 1. The van der Waals surface area contributed by atoms with Gasteiger partial charge in [0.25, 0.3) is 5.91 Å². The Hall–Kier alpha value is -3.27. The molecule has 3 amide bonds. The van der Waals surface area contributed by atoms with E-state index < -0.39 is 11.4 Å². The minimum Gasteiger partial charge on any atom is -0.450 e. The highest BCUT2D eigenvalue weighted by atomic mass is 16.6. The van der Waals surface area contributed by atoms with Crippen molar-refractivity contribution in [3.05, 3.63) is 36.2 Å². The normalized spacial score (nSPS) is 18.5. The second kappa shape index (κ2) is 10.1. The highest BCUT2D eigenvalue weighted by molar-refractivity contribution is 5.99. The van der Waals surface area contributed by atoms with Crippen LogP contribution in [-0.4, -0.2) is 77.1 Å². The lowest BCUT2D eigenvalue weighted by Gasteiger charge is -2.39. The van der Waals surface area contributed by atoms with Crippen molar-refractivity contribution in [2.45, 2.75) is 44.2 Å². The zero-order valence-electron chi connectivity index (χ0n) is 18.8. The number of piperidine rings is 2. The molecule has 176 valence electrons. The van der Waals surface area contributed by atoms with Crippen LogP contribution >= 0.6 is 0 Å². The first kappa shape index (κ1) is 22.9. The third kappa shape index (κ3) is 5.22. The Morgan fingerprint density at radius 2 is 1.85 bits per heavy atom. The first-order chi connectivity index (χ1) is 16.0. The molecule has 2 aromatic rings. The van der Waals surface area contributed by atoms with Gasteiger partial charge in [-0.1, -0.05) is 12.1 Å². The fraction of sp³-hybridized carbons (Fsp3) is 0.522. The zero-order chi connectivity index (χ0) is 23.3. The van der Waals surface area contributed by atoms with Crippen LogP contribution in [0.4, 0.5) is 4.79 Å². The SMILES string of the molecule is CCOC(=O)N1CCC(NC(=O)C2(NC(=O)c3cnc4ccccc4n3)CCNCC2)CC1. The van der Waals surface area contributed by atoms with E-state index in [1.54, 1.807) is 17.9 Å². The number of fused-ring (bicyclic) bond motifs is 1. The number of carbonyl (C=O) groups excluding carboxylic acids is 3. The van der Waals surface area contributed by atoms with Crippen LogP contribution in [0.15, 0.2) is 30.5 Å². The van der Waals surface area contributed by atoms with Crippen molar-refractivity contribution in [2.75, 3.05) is 32.8 Å². The summed E-state index contributed by atoms with van der Waals surface area (Å²) >= 11 is 0. The molecule has 0 bridgehead atoms. The van der Waals surface area contributed by atoms with Gasteiger partial charge in [0.05, 0.1) is 23.8 Å². The van der Waals surface area contributed by atoms with E-state index in [4.69, 9.17) is 4.74 Å². The van der Waals surface area contributed by atoms with Gasteiger partial charge < -0.3 is 25.6 Å². The summed E-state index contributed by atoms with van der Waals surface area (Å²) in [6.07, 6.45) is 3.36. The second-order valence-electron chi connectivity index (χ2n) is 8.46. The standard InChI is InChI=1S/C23H30N6O4/c1-2-33-22(32)29-13-7-16(8-14-29)26-21(31)23(9-11-24-12-10-23)28-20(30)19-15-25-17-5-3-4-6-18(17)27-19/h3-6,15-16,24H,2,7-14H2,1H3,(H,26,31)(H,28,30). The molecule has 2 saturated heterocycles. The maximum Gasteiger partial charge on any atom is 0.409 e.